The predicted molar refractivity (Wildman–Crippen MR) is 63.0 cm³/mol. The molecular formula is C13H23NO. The highest BCUT2D eigenvalue weighted by atomic mass is 16.5. The average Bonchev–Trinajstić information content (AvgIpc) is 2.79. The summed E-state index contributed by atoms with van der Waals surface area (Å²) in [5, 5.41) is 3.59. The highest BCUT2D eigenvalue weighted by Gasteiger charge is 2.12. The van der Waals surface area contributed by atoms with E-state index in [0.717, 1.165) is 19.1 Å². The molecule has 0 radical (unpaired) electrons. The molecule has 1 aliphatic heterocycles. The van der Waals surface area contributed by atoms with Gasteiger partial charge in [-0.1, -0.05) is 11.6 Å². The quantitative estimate of drug-likeness (QED) is 0.555. The summed E-state index contributed by atoms with van der Waals surface area (Å²) in [5.74, 6) is 0.858. The minimum atomic E-state index is 0.858. The van der Waals surface area contributed by atoms with E-state index in [9.17, 15) is 0 Å². The van der Waals surface area contributed by atoms with Crippen LogP contribution >= 0.6 is 0 Å². The van der Waals surface area contributed by atoms with Crippen LogP contribution in [-0.2, 0) is 4.74 Å². The summed E-state index contributed by atoms with van der Waals surface area (Å²) >= 11 is 0. The number of ether oxygens (including phenoxy) is 1. The van der Waals surface area contributed by atoms with E-state index >= 15 is 0 Å². The predicted octanol–water partition coefficient (Wildman–Crippen LogP) is 2.50. The molecule has 15 heavy (non-hydrogen) atoms. The molecule has 1 aliphatic carbocycles. The van der Waals surface area contributed by atoms with Gasteiger partial charge in [-0.2, -0.15) is 0 Å². The zero-order chi connectivity index (χ0) is 10.3. The van der Waals surface area contributed by atoms with Crippen LogP contribution in [-0.4, -0.2) is 26.3 Å². The van der Waals surface area contributed by atoms with Crippen LogP contribution in [0.2, 0.25) is 0 Å². The Balaban J connectivity index is 1.50. The van der Waals surface area contributed by atoms with Crippen molar-refractivity contribution in [1.82, 2.24) is 5.32 Å². The molecule has 1 N–H and O–H groups in total. The maximum absolute atomic E-state index is 5.35. The van der Waals surface area contributed by atoms with E-state index in [-0.39, 0.29) is 0 Å². The first-order valence-corrected chi connectivity index (χ1v) is 6.41. The van der Waals surface area contributed by atoms with Crippen LogP contribution in [0.4, 0.5) is 0 Å². The fraction of sp³-hybridized carbons (Fsp3) is 0.846. The molecule has 0 aromatic heterocycles. The third kappa shape index (κ3) is 3.96. The smallest absolute Gasteiger partial charge is 0.0469 e. The molecule has 0 atom stereocenters. The lowest BCUT2D eigenvalue weighted by Gasteiger charge is -2.22. The zero-order valence-corrected chi connectivity index (χ0v) is 9.63. The van der Waals surface area contributed by atoms with Crippen LogP contribution in [0.15, 0.2) is 11.6 Å². The number of allylic oxidation sites excluding steroid dienone is 1. The van der Waals surface area contributed by atoms with Gasteiger partial charge in [0.25, 0.3) is 0 Å². The van der Waals surface area contributed by atoms with Crippen molar-refractivity contribution in [3.05, 3.63) is 11.6 Å². The number of hydrogen-bond donors (Lipinski definition) is 1. The lowest BCUT2D eigenvalue weighted by Crippen LogP contribution is -2.28. The average molecular weight is 209 g/mol. The van der Waals surface area contributed by atoms with E-state index in [1.807, 2.05) is 0 Å². The van der Waals surface area contributed by atoms with Crippen molar-refractivity contribution in [2.75, 3.05) is 26.3 Å². The molecule has 0 aromatic carbocycles. The second-order valence-corrected chi connectivity index (χ2v) is 4.76. The molecule has 2 rings (SSSR count). The van der Waals surface area contributed by atoms with Crippen molar-refractivity contribution < 1.29 is 4.74 Å². The van der Waals surface area contributed by atoms with E-state index in [1.165, 1.54) is 51.6 Å². The van der Waals surface area contributed by atoms with Gasteiger partial charge in [-0.15, -0.1) is 0 Å². The molecule has 0 bridgehead atoms. The Kier molecular flexibility index (Phi) is 4.68. The zero-order valence-electron chi connectivity index (χ0n) is 9.63. The Morgan fingerprint density at radius 1 is 1.33 bits per heavy atom. The topological polar surface area (TPSA) is 21.3 Å². The molecule has 2 aliphatic rings. The van der Waals surface area contributed by atoms with Crippen molar-refractivity contribution in [1.29, 1.82) is 0 Å². The largest absolute Gasteiger partial charge is 0.381 e. The summed E-state index contributed by atoms with van der Waals surface area (Å²) in [6.07, 6.45) is 10.2. The van der Waals surface area contributed by atoms with E-state index in [0.29, 0.717) is 0 Å². The first-order chi connectivity index (χ1) is 7.45. The normalized spacial score (nSPS) is 23.1. The summed E-state index contributed by atoms with van der Waals surface area (Å²) in [7, 11) is 0. The van der Waals surface area contributed by atoms with Gasteiger partial charge in [-0.05, 0) is 57.5 Å². The third-order valence-corrected chi connectivity index (χ3v) is 3.53. The first kappa shape index (κ1) is 11.2. The van der Waals surface area contributed by atoms with Gasteiger partial charge < -0.3 is 10.1 Å². The van der Waals surface area contributed by atoms with Crippen LogP contribution in [0.3, 0.4) is 0 Å². The molecule has 2 nitrogen and oxygen atoms in total. The first-order valence-electron chi connectivity index (χ1n) is 6.41. The van der Waals surface area contributed by atoms with Crippen molar-refractivity contribution in [2.24, 2.45) is 5.92 Å². The third-order valence-electron chi connectivity index (χ3n) is 3.53. The van der Waals surface area contributed by atoms with E-state index < -0.39 is 0 Å². The standard InChI is InChI=1S/C13H23NO/c1-2-4-12(3-1)5-8-14-11-13-6-9-15-10-7-13/h3,13-14H,1-2,4-11H2. The van der Waals surface area contributed by atoms with E-state index in [2.05, 4.69) is 11.4 Å². The molecule has 2 heteroatoms. The number of nitrogens with one attached hydrogen (secondary N) is 1. The monoisotopic (exact) mass is 209 g/mol. The molecular weight excluding hydrogens is 186 g/mol. The number of rotatable bonds is 5. The second kappa shape index (κ2) is 6.29. The molecule has 0 saturated carbocycles. The van der Waals surface area contributed by atoms with E-state index in [4.69, 9.17) is 4.74 Å². The van der Waals surface area contributed by atoms with Crippen LogP contribution in [0, 0.1) is 5.92 Å². The molecule has 1 saturated heterocycles. The Hall–Kier alpha value is -0.340. The van der Waals surface area contributed by atoms with Gasteiger partial charge >= 0.3 is 0 Å². The maximum atomic E-state index is 5.35. The molecule has 86 valence electrons. The lowest BCUT2D eigenvalue weighted by molar-refractivity contribution is 0.0664. The fourth-order valence-corrected chi connectivity index (χ4v) is 2.47. The van der Waals surface area contributed by atoms with Crippen molar-refractivity contribution in [2.45, 2.75) is 38.5 Å². The molecule has 0 unspecified atom stereocenters. The molecule has 1 heterocycles. The highest BCUT2D eigenvalue weighted by molar-refractivity contribution is 5.07. The van der Waals surface area contributed by atoms with Crippen LogP contribution in [0.5, 0.6) is 0 Å². The molecule has 0 amide bonds. The van der Waals surface area contributed by atoms with Crippen LogP contribution < -0.4 is 5.32 Å². The molecule has 1 fully saturated rings. The van der Waals surface area contributed by atoms with Crippen molar-refractivity contribution in [3.63, 3.8) is 0 Å². The maximum Gasteiger partial charge on any atom is 0.0469 e. The van der Waals surface area contributed by atoms with Crippen LogP contribution in [0.1, 0.15) is 38.5 Å². The summed E-state index contributed by atoms with van der Waals surface area (Å²) in [4.78, 5) is 0. The van der Waals surface area contributed by atoms with Gasteiger partial charge in [0, 0.05) is 13.2 Å². The minimum Gasteiger partial charge on any atom is -0.381 e. The Morgan fingerprint density at radius 2 is 2.20 bits per heavy atom. The summed E-state index contributed by atoms with van der Waals surface area (Å²) in [5.41, 5.74) is 1.68. The summed E-state index contributed by atoms with van der Waals surface area (Å²) in [6.45, 7) is 4.30. The van der Waals surface area contributed by atoms with Gasteiger partial charge in [0.1, 0.15) is 0 Å². The second-order valence-electron chi connectivity index (χ2n) is 4.76. The number of hydrogen-bond acceptors (Lipinski definition) is 2. The molecule has 0 spiro atoms. The van der Waals surface area contributed by atoms with Crippen molar-refractivity contribution >= 4 is 0 Å². The summed E-state index contributed by atoms with van der Waals surface area (Å²) < 4.78 is 5.35. The van der Waals surface area contributed by atoms with E-state index in [1.54, 1.807) is 5.57 Å². The van der Waals surface area contributed by atoms with Crippen LogP contribution in [0.25, 0.3) is 0 Å². The van der Waals surface area contributed by atoms with Gasteiger partial charge in [0.15, 0.2) is 0 Å². The summed E-state index contributed by atoms with van der Waals surface area (Å²) in [6, 6.07) is 0. The van der Waals surface area contributed by atoms with Gasteiger partial charge in [0.2, 0.25) is 0 Å². The Labute approximate surface area is 93.1 Å². The Morgan fingerprint density at radius 3 is 2.93 bits per heavy atom. The highest BCUT2D eigenvalue weighted by Crippen LogP contribution is 2.20. The molecule has 0 aromatic rings. The van der Waals surface area contributed by atoms with Gasteiger partial charge in [-0.3, -0.25) is 0 Å². The van der Waals surface area contributed by atoms with Gasteiger partial charge in [0.05, 0.1) is 0 Å². The fourth-order valence-electron chi connectivity index (χ4n) is 2.47. The minimum absolute atomic E-state index is 0.858. The van der Waals surface area contributed by atoms with Crippen molar-refractivity contribution in [3.8, 4) is 0 Å². The Bertz CT molecular complexity index is 207. The van der Waals surface area contributed by atoms with Gasteiger partial charge in [-0.25, -0.2) is 0 Å². The lowest BCUT2D eigenvalue weighted by atomic mass is 10.0. The SMILES string of the molecule is C1=C(CCNCC2CCOCC2)CCC1.